The number of hydrazine groups is 1. The lowest BCUT2D eigenvalue weighted by Gasteiger charge is -2.09. The third kappa shape index (κ3) is 2.95. The quantitative estimate of drug-likeness (QED) is 0.566. The predicted molar refractivity (Wildman–Crippen MR) is 74.9 cm³/mol. The molecule has 5 nitrogen and oxygen atoms in total. The van der Waals surface area contributed by atoms with Crippen molar-refractivity contribution in [3.63, 3.8) is 0 Å². The summed E-state index contributed by atoms with van der Waals surface area (Å²) in [6, 6.07) is 5.45. The minimum atomic E-state index is -0.566. The summed E-state index contributed by atoms with van der Waals surface area (Å²) in [5.41, 5.74) is 2.94. The van der Waals surface area contributed by atoms with Crippen molar-refractivity contribution < 1.29 is 4.39 Å². The Balaban J connectivity index is 2.33. The number of halogens is 3. The molecule has 0 saturated carbocycles. The van der Waals surface area contributed by atoms with Crippen molar-refractivity contribution in [2.45, 2.75) is 0 Å². The van der Waals surface area contributed by atoms with Gasteiger partial charge in [-0.15, -0.1) is 0 Å². The van der Waals surface area contributed by atoms with Gasteiger partial charge in [0.15, 0.2) is 11.6 Å². The van der Waals surface area contributed by atoms with Gasteiger partial charge in [-0.3, -0.25) is 5.43 Å². The lowest BCUT2D eigenvalue weighted by Crippen LogP contribution is -2.12. The van der Waals surface area contributed by atoms with Gasteiger partial charge in [0.1, 0.15) is 0 Å². The summed E-state index contributed by atoms with van der Waals surface area (Å²) in [5, 5.41) is 2.85. The van der Waals surface area contributed by atoms with Gasteiger partial charge in [0.2, 0.25) is 5.95 Å². The standard InChI is InChI=1S/C10H8Br2FN5/c11-5-1-2-8(6(12)3-5)16-9-7(13)4-15-10(17-9)18-14/h1-4H,14H2,(H2,15,16,17,18). The van der Waals surface area contributed by atoms with E-state index >= 15 is 0 Å². The molecule has 0 fully saturated rings. The molecule has 1 aromatic carbocycles. The fourth-order valence-corrected chi connectivity index (χ4v) is 2.39. The Labute approximate surface area is 119 Å². The first-order chi connectivity index (χ1) is 8.60. The molecule has 94 valence electrons. The first-order valence-electron chi connectivity index (χ1n) is 4.81. The van der Waals surface area contributed by atoms with Crippen molar-refractivity contribution in [1.82, 2.24) is 9.97 Å². The first kappa shape index (κ1) is 13.2. The lowest BCUT2D eigenvalue weighted by atomic mass is 10.3. The Morgan fingerprint density at radius 2 is 2.06 bits per heavy atom. The van der Waals surface area contributed by atoms with Crippen LogP contribution in [0.25, 0.3) is 0 Å². The zero-order valence-electron chi connectivity index (χ0n) is 8.92. The van der Waals surface area contributed by atoms with Crippen molar-refractivity contribution in [3.05, 3.63) is 39.2 Å². The molecule has 0 atom stereocenters. The van der Waals surface area contributed by atoms with Crippen molar-refractivity contribution in [3.8, 4) is 0 Å². The van der Waals surface area contributed by atoms with Crippen molar-refractivity contribution in [2.24, 2.45) is 5.84 Å². The number of hydrogen-bond donors (Lipinski definition) is 3. The zero-order chi connectivity index (χ0) is 13.1. The second kappa shape index (κ2) is 5.59. The number of nitrogens with zero attached hydrogens (tertiary/aromatic N) is 2. The van der Waals surface area contributed by atoms with E-state index in [0.29, 0.717) is 5.69 Å². The van der Waals surface area contributed by atoms with E-state index in [1.165, 1.54) is 0 Å². The molecule has 0 radical (unpaired) electrons. The Morgan fingerprint density at radius 3 is 2.72 bits per heavy atom. The summed E-state index contributed by atoms with van der Waals surface area (Å²) >= 11 is 6.70. The summed E-state index contributed by atoms with van der Waals surface area (Å²) < 4.78 is 15.2. The van der Waals surface area contributed by atoms with Crippen LogP contribution < -0.4 is 16.6 Å². The maximum atomic E-state index is 13.5. The van der Waals surface area contributed by atoms with Crippen molar-refractivity contribution in [2.75, 3.05) is 10.7 Å². The number of nitrogens with two attached hydrogens (primary N) is 1. The van der Waals surface area contributed by atoms with E-state index in [4.69, 9.17) is 5.84 Å². The van der Waals surface area contributed by atoms with E-state index in [9.17, 15) is 4.39 Å². The average molecular weight is 377 g/mol. The fraction of sp³-hybridized carbons (Fsp3) is 0. The molecule has 8 heteroatoms. The Bertz CT molecular complexity index is 578. The van der Waals surface area contributed by atoms with Gasteiger partial charge < -0.3 is 5.32 Å². The van der Waals surface area contributed by atoms with Gasteiger partial charge in [0.25, 0.3) is 0 Å². The minimum absolute atomic E-state index is 0.0426. The van der Waals surface area contributed by atoms with Gasteiger partial charge in [-0.25, -0.2) is 15.2 Å². The van der Waals surface area contributed by atoms with E-state index in [0.717, 1.165) is 15.1 Å². The SMILES string of the molecule is NNc1ncc(F)c(Nc2ccc(Br)cc2Br)n1. The molecule has 0 spiro atoms. The van der Waals surface area contributed by atoms with Crippen LogP contribution in [0.2, 0.25) is 0 Å². The van der Waals surface area contributed by atoms with Gasteiger partial charge in [-0.1, -0.05) is 15.9 Å². The molecule has 0 aliphatic carbocycles. The molecule has 18 heavy (non-hydrogen) atoms. The molecule has 2 rings (SSSR count). The van der Waals surface area contributed by atoms with Crippen LogP contribution in [0.15, 0.2) is 33.3 Å². The zero-order valence-corrected chi connectivity index (χ0v) is 12.1. The van der Waals surface area contributed by atoms with Crippen LogP contribution in [0.5, 0.6) is 0 Å². The van der Waals surface area contributed by atoms with Gasteiger partial charge >= 0.3 is 0 Å². The summed E-state index contributed by atoms with van der Waals surface area (Å²) in [6.45, 7) is 0. The van der Waals surface area contributed by atoms with Crippen LogP contribution in [0, 0.1) is 5.82 Å². The smallest absolute Gasteiger partial charge is 0.239 e. The first-order valence-corrected chi connectivity index (χ1v) is 6.40. The molecular weight excluding hydrogens is 369 g/mol. The van der Waals surface area contributed by atoms with Crippen LogP contribution >= 0.6 is 31.9 Å². The summed E-state index contributed by atoms with van der Waals surface area (Å²) in [5.74, 6) is 4.78. The number of nitrogen functional groups attached to an aromatic ring is 1. The predicted octanol–water partition coefficient (Wildman–Crippen LogP) is 3.17. The Hall–Kier alpha value is -1.25. The number of benzene rings is 1. The Kier molecular flexibility index (Phi) is 4.10. The normalized spacial score (nSPS) is 10.2. The van der Waals surface area contributed by atoms with Crippen molar-refractivity contribution >= 4 is 49.3 Å². The highest BCUT2D eigenvalue weighted by atomic mass is 79.9. The summed E-state index contributed by atoms with van der Waals surface area (Å²) in [7, 11) is 0. The number of aromatic nitrogens is 2. The minimum Gasteiger partial charge on any atom is -0.337 e. The molecular formula is C10H8Br2FN5. The molecule has 1 heterocycles. The van der Waals surface area contributed by atoms with E-state index < -0.39 is 5.82 Å². The van der Waals surface area contributed by atoms with E-state index in [1.54, 1.807) is 6.07 Å². The molecule has 0 aliphatic heterocycles. The monoisotopic (exact) mass is 375 g/mol. The van der Waals surface area contributed by atoms with Crippen LogP contribution in [-0.2, 0) is 0 Å². The summed E-state index contributed by atoms with van der Waals surface area (Å²) in [6.07, 6.45) is 1.04. The molecule has 0 saturated heterocycles. The van der Waals surface area contributed by atoms with E-state index in [2.05, 4.69) is 52.6 Å². The topological polar surface area (TPSA) is 75.9 Å². The molecule has 0 aliphatic rings. The van der Waals surface area contributed by atoms with Gasteiger partial charge in [0.05, 0.1) is 11.9 Å². The third-order valence-corrected chi connectivity index (χ3v) is 3.21. The van der Waals surface area contributed by atoms with Gasteiger partial charge in [-0.05, 0) is 34.1 Å². The largest absolute Gasteiger partial charge is 0.337 e. The van der Waals surface area contributed by atoms with Crippen LogP contribution in [0.4, 0.5) is 21.8 Å². The highest BCUT2D eigenvalue weighted by Gasteiger charge is 2.08. The molecule has 0 unspecified atom stereocenters. The van der Waals surface area contributed by atoms with Crippen molar-refractivity contribution in [1.29, 1.82) is 0 Å². The van der Waals surface area contributed by atoms with Gasteiger partial charge in [-0.2, -0.15) is 4.98 Å². The third-order valence-electron chi connectivity index (χ3n) is 2.06. The Morgan fingerprint density at radius 1 is 1.28 bits per heavy atom. The number of anilines is 3. The second-order valence-corrected chi connectivity index (χ2v) is 5.05. The molecule has 4 N–H and O–H groups in total. The summed E-state index contributed by atoms with van der Waals surface area (Å²) in [4.78, 5) is 7.54. The van der Waals surface area contributed by atoms with Gasteiger partial charge in [0, 0.05) is 8.95 Å². The molecule has 0 amide bonds. The van der Waals surface area contributed by atoms with E-state index in [1.807, 2.05) is 12.1 Å². The molecule has 0 bridgehead atoms. The lowest BCUT2D eigenvalue weighted by molar-refractivity contribution is 0.619. The van der Waals surface area contributed by atoms with Crippen LogP contribution in [-0.4, -0.2) is 9.97 Å². The molecule has 1 aromatic heterocycles. The maximum Gasteiger partial charge on any atom is 0.239 e. The van der Waals surface area contributed by atoms with Crippen LogP contribution in [0.3, 0.4) is 0 Å². The second-order valence-electron chi connectivity index (χ2n) is 3.28. The number of hydrogen-bond acceptors (Lipinski definition) is 5. The highest BCUT2D eigenvalue weighted by Crippen LogP contribution is 2.29. The number of nitrogens with one attached hydrogen (secondary N) is 2. The molecule has 2 aromatic rings. The number of rotatable bonds is 3. The van der Waals surface area contributed by atoms with E-state index in [-0.39, 0.29) is 11.8 Å². The van der Waals surface area contributed by atoms with Crippen LogP contribution in [0.1, 0.15) is 0 Å². The highest BCUT2D eigenvalue weighted by molar-refractivity contribution is 9.11. The fourth-order valence-electron chi connectivity index (χ4n) is 1.24. The average Bonchev–Trinajstić information content (AvgIpc) is 2.35. The maximum absolute atomic E-state index is 13.5.